The maximum absolute atomic E-state index is 12.2. The fourth-order valence-electron chi connectivity index (χ4n) is 2.57. The van der Waals surface area contributed by atoms with Gasteiger partial charge >= 0.3 is 5.97 Å². The molecule has 132 valence electrons. The van der Waals surface area contributed by atoms with Gasteiger partial charge in [0.1, 0.15) is 18.1 Å². The number of hydrogen-bond donors (Lipinski definition) is 0. The van der Waals surface area contributed by atoms with E-state index < -0.39 is 12.1 Å². The third kappa shape index (κ3) is 4.44. The van der Waals surface area contributed by atoms with Gasteiger partial charge in [-0.05, 0) is 43.7 Å². The van der Waals surface area contributed by atoms with E-state index in [1.807, 2.05) is 25.1 Å². The van der Waals surface area contributed by atoms with Crippen LogP contribution in [0.3, 0.4) is 0 Å². The topological polar surface area (TPSA) is 54.0 Å². The van der Waals surface area contributed by atoms with Crippen LogP contribution >= 0.6 is 11.6 Å². The van der Waals surface area contributed by atoms with E-state index in [1.54, 1.807) is 25.1 Å². The first kappa shape index (κ1) is 17.6. The highest BCUT2D eigenvalue weighted by Crippen LogP contribution is 2.32. The molecule has 0 amide bonds. The largest absolute Gasteiger partial charge is 0.479 e. The van der Waals surface area contributed by atoms with Crippen molar-refractivity contribution in [3.8, 4) is 11.5 Å². The lowest BCUT2D eigenvalue weighted by Gasteiger charge is -2.21. The Hall–Kier alpha value is -2.24. The summed E-state index contributed by atoms with van der Waals surface area (Å²) in [6, 6.07) is 11.0. The number of aryl methyl sites for hydroxylation is 1. The third-order valence-corrected chi connectivity index (χ3v) is 3.97. The SMILES string of the molecule is Cc1cccc(O[C@@H](C)C(=O)OCc2cc(Cl)cc3c2OCOC3)c1. The van der Waals surface area contributed by atoms with Crippen molar-refractivity contribution in [1.29, 1.82) is 0 Å². The lowest BCUT2D eigenvalue weighted by Crippen LogP contribution is -2.26. The van der Waals surface area contributed by atoms with Crippen molar-refractivity contribution < 1.29 is 23.7 Å². The van der Waals surface area contributed by atoms with Crippen molar-refractivity contribution in [3.05, 3.63) is 58.1 Å². The van der Waals surface area contributed by atoms with E-state index >= 15 is 0 Å². The third-order valence-electron chi connectivity index (χ3n) is 3.76. The number of halogens is 1. The van der Waals surface area contributed by atoms with E-state index in [-0.39, 0.29) is 13.4 Å². The number of benzene rings is 2. The van der Waals surface area contributed by atoms with Gasteiger partial charge < -0.3 is 18.9 Å². The predicted molar refractivity (Wildman–Crippen MR) is 92.8 cm³/mol. The normalized spacial score (nSPS) is 14.2. The van der Waals surface area contributed by atoms with Gasteiger partial charge in [0.15, 0.2) is 12.9 Å². The van der Waals surface area contributed by atoms with Crippen LogP contribution in [0.15, 0.2) is 36.4 Å². The summed E-state index contributed by atoms with van der Waals surface area (Å²) in [5, 5.41) is 0.544. The molecule has 0 unspecified atom stereocenters. The quantitative estimate of drug-likeness (QED) is 0.752. The Balaban J connectivity index is 1.63. The van der Waals surface area contributed by atoms with Gasteiger partial charge in [-0.2, -0.15) is 0 Å². The first-order chi connectivity index (χ1) is 12.0. The van der Waals surface area contributed by atoms with Gasteiger partial charge in [0.25, 0.3) is 0 Å². The van der Waals surface area contributed by atoms with Crippen molar-refractivity contribution >= 4 is 17.6 Å². The molecule has 0 aliphatic carbocycles. The predicted octanol–water partition coefficient (Wildman–Crippen LogP) is 4.03. The molecule has 1 atom stereocenters. The van der Waals surface area contributed by atoms with E-state index in [0.717, 1.165) is 11.1 Å². The summed E-state index contributed by atoms with van der Waals surface area (Å²) >= 11 is 6.11. The lowest BCUT2D eigenvalue weighted by molar-refractivity contribution is -0.152. The molecule has 2 aromatic carbocycles. The molecule has 0 saturated carbocycles. The van der Waals surface area contributed by atoms with E-state index in [2.05, 4.69) is 0 Å². The minimum atomic E-state index is -0.721. The number of fused-ring (bicyclic) bond motifs is 1. The molecule has 2 aromatic rings. The zero-order valence-electron chi connectivity index (χ0n) is 14.1. The number of carbonyl (C=O) groups excluding carboxylic acids is 1. The molecule has 0 N–H and O–H groups in total. The summed E-state index contributed by atoms with van der Waals surface area (Å²) < 4.78 is 21.7. The number of carbonyl (C=O) groups is 1. The molecule has 5 nitrogen and oxygen atoms in total. The van der Waals surface area contributed by atoms with Gasteiger partial charge in [-0.15, -0.1) is 0 Å². The maximum atomic E-state index is 12.2. The smallest absolute Gasteiger partial charge is 0.347 e. The highest BCUT2D eigenvalue weighted by atomic mass is 35.5. The minimum Gasteiger partial charge on any atom is -0.479 e. The van der Waals surface area contributed by atoms with Crippen LogP contribution in [0.2, 0.25) is 5.02 Å². The van der Waals surface area contributed by atoms with Gasteiger partial charge in [0.2, 0.25) is 0 Å². The van der Waals surface area contributed by atoms with Crippen LogP contribution in [0.5, 0.6) is 11.5 Å². The molecule has 0 bridgehead atoms. The molecule has 1 heterocycles. The van der Waals surface area contributed by atoms with Crippen LogP contribution in [-0.2, 0) is 27.5 Å². The van der Waals surface area contributed by atoms with Crippen LogP contribution in [0, 0.1) is 6.92 Å². The molecule has 25 heavy (non-hydrogen) atoms. The Morgan fingerprint density at radius 1 is 1.32 bits per heavy atom. The average Bonchev–Trinajstić information content (AvgIpc) is 2.59. The second kappa shape index (κ2) is 7.76. The number of hydrogen-bond acceptors (Lipinski definition) is 5. The second-order valence-corrected chi connectivity index (χ2v) is 6.28. The molecule has 0 spiro atoms. The van der Waals surface area contributed by atoms with Crippen molar-refractivity contribution in [2.45, 2.75) is 33.2 Å². The number of rotatable bonds is 5. The van der Waals surface area contributed by atoms with Crippen molar-refractivity contribution in [1.82, 2.24) is 0 Å². The molecular formula is C19H19ClO5. The Kier molecular flexibility index (Phi) is 5.46. The summed E-state index contributed by atoms with van der Waals surface area (Å²) in [6.45, 7) is 4.26. The van der Waals surface area contributed by atoms with Crippen LogP contribution in [-0.4, -0.2) is 18.9 Å². The molecule has 0 saturated heterocycles. The van der Waals surface area contributed by atoms with Gasteiger partial charge in [-0.25, -0.2) is 4.79 Å². The Morgan fingerprint density at radius 3 is 2.96 bits per heavy atom. The van der Waals surface area contributed by atoms with Crippen LogP contribution in [0.4, 0.5) is 0 Å². The zero-order valence-corrected chi connectivity index (χ0v) is 14.8. The monoisotopic (exact) mass is 362 g/mol. The van der Waals surface area contributed by atoms with Crippen molar-refractivity contribution in [2.75, 3.05) is 6.79 Å². The summed E-state index contributed by atoms with van der Waals surface area (Å²) in [7, 11) is 0. The first-order valence-electron chi connectivity index (χ1n) is 7.95. The summed E-state index contributed by atoms with van der Waals surface area (Å²) in [5.74, 6) is 0.836. The van der Waals surface area contributed by atoms with E-state index in [4.69, 9.17) is 30.5 Å². The summed E-state index contributed by atoms with van der Waals surface area (Å²) in [6.07, 6.45) is -0.721. The van der Waals surface area contributed by atoms with Gasteiger partial charge in [-0.3, -0.25) is 0 Å². The lowest BCUT2D eigenvalue weighted by atomic mass is 10.1. The van der Waals surface area contributed by atoms with E-state index in [1.165, 1.54) is 0 Å². The average molecular weight is 363 g/mol. The Morgan fingerprint density at radius 2 is 2.16 bits per heavy atom. The van der Waals surface area contributed by atoms with E-state index in [9.17, 15) is 4.79 Å². The van der Waals surface area contributed by atoms with Crippen LogP contribution in [0.25, 0.3) is 0 Å². The molecule has 0 radical (unpaired) electrons. The Bertz CT molecular complexity index is 774. The van der Waals surface area contributed by atoms with Gasteiger partial charge in [0, 0.05) is 16.1 Å². The van der Waals surface area contributed by atoms with Crippen molar-refractivity contribution in [3.63, 3.8) is 0 Å². The molecule has 1 aliphatic heterocycles. The fourth-order valence-corrected chi connectivity index (χ4v) is 2.83. The fraction of sp³-hybridized carbons (Fsp3) is 0.316. The van der Waals surface area contributed by atoms with Crippen LogP contribution in [0.1, 0.15) is 23.6 Å². The highest BCUT2D eigenvalue weighted by Gasteiger charge is 2.20. The van der Waals surface area contributed by atoms with Crippen molar-refractivity contribution in [2.24, 2.45) is 0 Å². The number of esters is 1. The van der Waals surface area contributed by atoms with Gasteiger partial charge in [0.05, 0.1) is 6.61 Å². The molecule has 0 fully saturated rings. The molecular weight excluding hydrogens is 344 g/mol. The zero-order chi connectivity index (χ0) is 17.8. The molecule has 0 aromatic heterocycles. The minimum absolute atomic E-state index is 0.0588. The highest BCUT2D eigenvalue weighted by molar-refractivity contribution is 6.30. The van der Waals surface area contributed by atoms with Gasteiger partial charge in [-0.1, -0.05) is 23.7 Å². The maximum Gasteiger partial charge on any atom is 0.347 e. The van der Waals surface area contributed by atoms with E-state index in [0.29, 0.717) is 28.7 Å². The van der Waals surface area contributed by atoms with Crippen LogP contribution < -0.4 is 9.47 Å². The second-order valence-electron chi connectivity index (χ2n) is 5.85. The molecule has 6 heteroatoms. The Labute approximate surface area is 151 Å². The number of ether oxygens (including phenoxy) is 4. The summed E-state index contributed by atoms with van der Waals surface area (Å²) in [5.41, 5.74) is 2.61. The molecule has 1 aliphatic rings. The summed E-state index contributed by atoms with van der Waals surface area (Å²) in [4.78, 5) is 12.2. The standard InChI is InChI=1S/C19H19ClO5/c1-12-4-3-5-17(6-12)25-13(2)19(21)23-10-15-8-16(20)7-14-9-22-11-24-18(14)15/h3-8,13H,9-11H2,1-2H3/t13-/m0/s1. The first-order valence-corrected chi connectivity index (χ1v) is 8.32. The molecule has 3 rings (SSSR count).